The van der Waals surface area contributed by atoms with Crippen LogP contribution in [0, 0.1) is 6.92 Å². The Labute approximate surface area is 153 Å². The van der Waals surface area contributed by atoms with Crippen LogP contribution in [0.5, 0.6) is 5.75 Å². The molecular weight excluding hydrogens is 330 g/mol. The molecule has 0 spiro atoms. The number of nitrogens with one attached hydrogen (secondary N) is 2. The fourth-order valence-corrected chi connectivity index (χ4v) is 3.00. The summed E-state index contributed by atoms with van der Waals surface area (Å²) in [6, 6.07) is 16.3. The van der Waals surface area contributed by atoms with Gasteiger partial charge in [0.15, 0.2) is 5.11 Å². The summed E-state index contributed by atoms with van der Waals surface area (Å²) in [5, 5.41) is 8.14. The van der Waals surface area contributed by atoms with E-state index in [1.54, 1.807) is 13.3 Å². The zero-order valence-corrected chi connectivity index (χ0v) is 15.4. The average Bonchev–Trinajstić information content (AvgIpc) is 2.62. The molecule has 0 saturated carbocycles. The molecular formula is C20H21N3OS. The van der Waals surface area contributed by atoms with Gasteiger partial charge in [-0.05, 0) is 55.9 Å². The lowest BCUT2D eigenvalue weighted by molar-refractivity contribution is 0.419. The van der Waals surface area contributed by atoms with E-state index in [0.717, 1.165) is 22.3 Å². The number of fused-ring (bicyclic) bond motifs is 1. The van der Waals surface area contributed by atoms with Crippen LogP contribution in [0.2, 0.25) is 0 Å². The number of hydrogen-bond acceptors (Lipinski definition) is 3. The highest BCUT2D eigenvalue weighted by Crippen LogP contribution is 2.29. The summed E-state index contributed by atoms with van der Waals surface area (Å²) in [6.45, 7) is 4.17. The van der Waals surface area contributed by atoms with Crippen molar-refractivity contribution in [2.24, 2.45) is 0 Å². The van der Waals surface area contributed by atoms with E-state index in [4.69, 9.17) is 17.0 Å². The van der Waals surface area contributed by atoms with Crippen LogP contribution in [0.15, 0.2) is 54.7 Å². The van der Waals surface area contributed by atoms with Gasteiger partial charge in [0, 0.05) is 17.3 Å². The largest absolute Gasteiger partial charge is 0.494 e. The lowest BCUT2D eigenvalue weighted by Gasteiger charge is -2.18. The number of benzene rings is 2. The second-order valence-corrected chi connectivity index (χ2v) is 6.35. The van der Waals surface area contributed by atoms with Crippen molar-refractivity contribution in [1.82, 2.24) is 10.3 Å². The Bertz CT molecular complexity index is 893. The van der Waals surface area contributed by atoms with E-state index in [9.17, 15) is 0 Å². The highest BCUT2D eigenvalue weighted by molar-refractivity contribution is 7.80. The topological polar surface area (TPSA) is 46.2 Å². The average molecular weight is 351 g/mol. The first-order valence-electron chi connectivity index (χ1n) is 8.14. The fourth-order valence-electron chi connectivity index (χ4n) is 2.71. The van der Waals surface area contributed by atoms with Crippen LogP contribution in [0.3, 0.4) is 0 Å². The quantitative estimate of drug-likeness (QED) is 0.673. The van der Waals surface area contributed by atoms with Crippen LogP contribution in [0.4, 0.5) is 5.69 Å². The molecule has 4 nitrogen and oxygen atoms in total. The molecule has 1 heterocycles. The summed E-state index contributed by atoms with van der Waals surface area (Å²) in [7, 11) is 1.64. The number of hydrogen-bond donors (Lipinski definition) is 2. The Morgan fingerprint density at radius 2 is 1.88 bits per heavy atom. The third-order valence-corrected chi connectivity index (χ3v) is 4.35. The van der Waals surface area contributed by atoms with Gasteiger partial charge >= 0.3 is 0 Å². The Hall–Kier alpha value is -2.66. The molecule has 0 saturated heterocycles. The molecule has 128 valence electrons. The van der Waals surface area contributed by atoms with Gasteiger partial charge in [-0.15, -0.1) is 0 Å². The van der Waals surface area contributed by atoms with Gasteiger partial charge in [0.25, 0.3) is 0 Å². The Morgan fingerprint density at radius 1 is 1.12 bits per heavy atom. The molecule has 1 atom stereocenters. The fraction of sp³-hybridized carbons (Fsp3) is 0.200. The second-order valence-electron chi connectivity index (χ2n) is 5.95. The zero-order chi connectivity index (χ0) is 17.8. The van der Waals surface area contributed by atoms with Crippen LogP contribution < -0.4 is 15.4 Å². The normalized spacial score (nSPS) is 11.8. The van der Waals surface area contributed by atoms with Gasteiger partial charge in [-0.25, -0.2) is 0 Å². The third-order valence-electron chi connectivity index (χ3n) is 4.13. The van der Waals surface area contributed by atoms with Crippen LogP contribution >= 0.6 is 12.2 Å². The summed E-state index contributed by atoms with van der Waals surface area (Å²) in [5.41, 5.74) is 4.15. The molecule has 0 aliphatic heterocycles. The Balaban J connectivity index is 1.77. The van der Waals surface area contributed by atoms with Crippen molar-refractivity contribution in [3.63, 3.8) is 0 Å². The van der Waals surface area contributed by atoms with Crippen molar-refractivity contribution in [2.75, 3.05) is 12.4 Å². The summed E-state index contributed by atoms with van der Waals surface area (Å²) in [6.07, 6.45) is 1.75. The van der Waals surface area contributed by atoms with Crippen molar-refractivity contribution >= 4 is 33.9 Å². The van der Waals surface area contributed by atoms with Crippen LogP contribution in [0.1, 0.15) is 24.1 Å². The van der Waals surface area contributed by atoms with E-state index in [1.165, 1.54) is 11.1 Å². The molecule has 2 aromatic carbocycles. The number of nitrogens with zero attached hydrogens (tertiary/aromatic N) is 1. The van der Waals surface area contributed by atoms with Crippen LogP contribution in [-0.2, 0) is 0 Å². The lowest BCUT2D eigenvalue weighted by Crippen LogP contribution is -2.31. The minimum atomic E-state index is 0.114. The molecule has 0 aliphatic rings. The first-order valence-corrected chi connectivity index (χ1v) is 8.55. The minimum Gasteiger partial charge on any atom is -0.494 e. The zero-order valence-electron chi connectivity index (χ0n) is 14.5. The number of aryl methyl sites for hydroxylation is 1. The minimum absolute atomic E-state index is 0.114. The van der Waals surface area contributed by atoms with E-state index in [0.29, 0.717) is 5.11 Å². The van der Waals surface area contributed by atoms with E-state index < -0.39 is 0 Å². The SMILES string of the molecule is COc1ccc(NC(=S)N[C@@H](C)c2ccc(C)cc2)c2cccnc12. The van der Waals surface area contributed by atoms with Gasteiger partial charge in [0.2, 0.25) is 0 Å². The number of rotatable bonds is 4. The van der Waals surface area contributed by atoms with Crippen molar-refractivity contribution in [3.05, 3.63) is 65.9 Å². The first-order chi connectivity index (χ1) is 12.1. The molecule has 0 fully saturated rings. The lowest BCUT2D eigenvalue weighted by atomic mass is 10.1. The summed E-state index contributed by atoms with van der Waals surface area (Å²) in [4.78, 5) is 4.41. The van der Waals surface area contributed by atoms with Crippen molar-refractivity contribution < 1.29 is 4.74 Å². The Morgan fingerprint density at radius 3 is 2.60 bits per heavy atom. The molecule has 25 heavy (non-hydrogen) atoms. The molecule has 0 unspecified atom stereocenters. The highest BCUT2D eigenvalue weighted by atomic mass is 32.1. The van der Waals surface area contributed by atoms with Gasteiger partial charge in [0.1, 0.15) is 11.3 Å². The molecule has 0 bridgehead atoms. The van der Waals surface area contributed by atoms with Crippen molar-refractivity contribution in [2.45, 2.75) is 19.9 Å². The van der Waals surface area contributed by atoms with Gasteiger partial charge in [-0.1, -0.05) is 29.8 Å². The second kappa shape index (κ2) is 7.49. The maximum Gasteiger partial charge on any atom is 0.171 e. The predicted molar refractivity (Wildman–Crippen MR) is 107 cm³/mol. The maximum absolute atomic E-state index is 5.49. The van der Waals surface area contributed by atoms with Crippen LogP contribution in [0.25, 0.3) is 10.9 Å². The molecule has 3 aromatic rings. The van der Waals surface area contributed by atoms with Gasteiger partial charge in [-0.3, -0.25) is 4.98 Å². The standard InChI is InChI=1S/C20H21N3OS/c1-13-6-8-15(9-7-13)14(2)22-20(25)23-17-10-11-18(24-3)19-16(17)5-4-12-21-19/h4-12,14H,1-3H3,(H2,22,23,25)/t14-/m0/s1. The first kappa shape index (κ1) is 17.2. The van der Waals surface area contributed by atoms with Crippen molar-refractivity contribution in [1.29, 1.82) is 0 Å². The van der Waals surface area contributed by atoms with Gasteiger partial charge < -0.3 is 15.4 Å². The summed E-state index contributed by atoms with van der Waals surface area (Å²) in [5.74, 6) is 0.744. The smallest absolute Gasteiger partial charge is 0.171 e. The molecule has 3 rings (SSSR count). The predicted octanol–water partition coefficient (Wildman–Crippen LogP) is 4.60. The number of ether oxygens (including phenoxy) is 1. The molecule has 5 heteroatoms. The number of methoxy groups -OCH3 is 1. The van der Waals surface area contributed by atoms with Gasteiger partial charge in [0.05, 0.1) is 13.2 Å². The third kappa shape index (κ3) is 3.88. The van der Waals surface area contributed by atoms with E-state index >= 15 is 0 Å². The van der Waals surface area contributed by atoms with E-state index in [1.807, 2.05) is 24.3 Å². The highest BCUT2D eigenvalue weighted by Gasteiger charge is 2.10. The van der Waals surface area contributed by atoms with E-state index in [-0.39, 0.29) is 6.04 Å². The number of pyridine rings is 1. The molecule has 0 aliphatic carbocycles. The molecule has 0 amide bonds. The Kier molecular flexibility index (Phi) is 5.14. The molecule has 0 radical (unpaired) electrons. The summed E-state index contributed by atoms with van der Waals surface area (Å²) >= 11 is 5.49. The summed E-state index contributed by atoms with van der Waals surface area (Å²) < 4.78 is 5.38. The van der Waals surface area contributed by atoms with E-state index in [2.05, 4.69) is 53.7 Å². The molecule has 1 aromatic heterocycles. The molecule has 2 N–H and O–H groups in total. The monoisotopic (exact) mass is 351 g/mol. The number of aromatic nitrogens is 1. The van der Waals surface area contributed by atoms with Crippen LogP contribution in [-0.4, -0.2) is 17.2 Å². The number of anilines is 1. The maximum atomic E-state index is 5.49. The van der Waals surface area contributed by atoms with Gasteiger partial charge in [-0.2, -0.15) is 0 Å². The van der Waals surface area contributed by atoms with Crippen molar-refractivity contribution in [3.8, 4) is 5.75 Å². The number of thiocarbonyl (C=S) groups is 1.